The largest absolute Gasteiger partial charge is 0.478 e. The summed E-state index contributed by atoms with van der Waals surface area (Å²) in [5.41, 5.74) is 0.394. The second-order valence-electron chi connectivity index (χ2n) is 6.14. The van der Waals surface area contributed by atoms with Crippen LogP contribution in [0.4, 0.5) is 10.6 Å². The van der Waals surface area contributed by atoms with Crippen LogP contribution < -0.4 is 10.6 Å². The van der Waals surface area contributed by atoms with Gasteiger partial charge < -0.3 is 20.5 Å². The lowest BCUT2D eigenvalue weighted by Gasteiger charge is -2.19. The third-order valence-electron chi connectivity index (χ3n) is 2.73. The van der Waals surface area contributed by atoms with Crippen molar-refractivity contribution < 1.29 is 19.4 Å². The van der Waals surface area contributed by atoms with E-state index in [1.54, 1.807) is 26.8 Å². The number of carbonyl (C=O) groups excluding carboxylic acids is 1. The molecule has 0 saturated carbocycles. The third kappa shape index (κ3) is 7.49. The second-order valence-corrected chi connectivity index (χ2v) is 6.14. The first-order valence-electron chi connectivity index (χ1n) is 7.66. The number of carboxylic acids is 1. The number of aromatic carboxylic acids is 1. The van der Waals surface area contributed by atoms with Crippen molar-refractivity contribution in [3.8, 4) is 0 Å². The predicted molar refractivity (Wildman–Crippen MR) is 87.9 cm³/mol. The Bertz CT molecular complexity index is 553. The highest BCUT2D eigenvalue weighted by Crippen LogP contribution is 2.12. The molecule has 0 spiro atoms. The molecule has 23 heavy (non-hydrogen) atoms. The highest BCUT2D eigenvalue weighted by atomic mass is 16.6. The zero-order chi connectivity index (χ0) is 17.5. The van der Waals surface area contributed by atoms with E-state index in [4.69, 9.17) is 9.84 Å². The van der Waals surface area contributed by atoms with Crippen LogP contribution in [-0.4, -0.2) is 40.8 Å². The van der Waals surface area contributed by atoms with Gasteiger partial charge in [0.15, 0.2) is 0 Å². The number of carbonyl (C=O) groups is 2. The number of hydrogen-bond acceptors (Lipinski definition) is 5. The molecule has 0 saturated heterocycles. The minimum atomic E-state index is -0.986. The van der Waals surface area contributed by atoms with Crippen LogP contribution in [0, 0.1) is 0 Å². The van der Waals surface area contributed by atoms with Crippen molar-refractivity contribution >= 4 is 17.9 Å². The maximum absolute atomic E-state index is 11.5. The van der Waals surface area contributed by atoms with Crippen LogP contribution in [-0.2, 0) is 11.2 Å². The van der Waals surface area contributed by atoms with Gasteiger partial charge in [-0.15, -0.1) is 0 Å². The molecule has 1 aromatic rings. The topological polar surface area (TPSA) is 101 Å². The lowest BCUT2D eigenvalue weighted by atomic mass is 10.1. The summed E-state index contributed by atoms with van der Waals surface area (Å²) >= 11 is 0. The van der Waals surface area contributed by atoms with Gasteiger partial charge in [0.25, 0.3) is 0 Å². The minimum Gasteiger partial charge on any atom is -0.478 e. The van der Waals surface area contributed by atoms with E-state index in [2.05, 4.69) is 15.6 Å². The molecule has 1 aromatic heterocycles. The molecule has 7 heteroatoms. The molecule has 0 radical (unpaired) electrons. The summed E-state index contributed by atoms with van der Waals surface area (Å²) in [6, 6.07) is 3.06. The number of rotatable bonds is 7. The Morgan fingerprint density at radius 3 is 2.52 bits per heavy atom. The van der Waals surface area contributed by atoms with Gasteiger partial charge in [0, 0.05) is 18.8 Å². The maximum atomic E-state index is 11.5. The number of pyridine rings is 1. The van der Waals surface area contributed by atoms with Crippen molar-refractivity contribution in [2.24, 2.45) is 0 Å². The molecule has 7 nitrogen and oxygen atoms in total. The van der Waals surface area contributed by atoms with Crippen LogP contribution >= 0.6 is 0 Å². The van der Waals surface area contributed by atoms with Gasteiger partial charge in [-0.2, -0.15) is 0 Å². The van der Waals surface area contributed by atoms with Crippen LogP contribution in [0.5, 0.6) is 0 Å². The molecule has 0 unspecified atom stereocenters. The number of hydrogen-bond donors (Lipinski definition) is 3. The van der Waals surface area contributed by atoms with Crippen LogP contribution in [0.15, 0.2) is 12.1 Å². The van der Waals surface area contributed by atoms with Gasteiger partial charge in [0.2, 0.25) is 0 Å². The summed E-state index contributed by atoms with van der Waals surface area (Å²) in [6.07, 6.45) is 1.11. The number of amides is 1. The number of nitrogens with one attached hydrogen (secondary N) is 2. The van der Waals surface area contributed by atoms with Gasteiger partial charge in [-0.05, 0) is 39.3 Å². The van der Waals surface area contributed by atoms with E-state index >= 15 is 0 Å². The molecule has 128 valence electrons. The first-order chi connectivity index (χ1) is 10.7. The molecule has 0 aromatic carbocycles. The third-order valence-corrected chi connectivity index (χ3v) is 2.73. The maximum Gasteiger partial charge on any atom is 0.407 e. The van der Waals surface area contributed by atoms with Gasteiger partial charge in [-0.1, -0.05) is 13.3 Å². The van der Waals surface area contributed by atoms with Gasteiger partial charge >= 0.3 is 12.1 Å². The zero-order valence-corrected chi connectivity index (χ0v) is 14.1. The van der Waals surface area contributed by atoms with Gasteiger partial charge in [0.05, 0.1) is 5.56 Å². The van der Waals surface area contributed by atoms with Gasteiger partial charge in [-0.3, -0.25) is 0 Å². The fourth-order valence-corrected chi connectivity index (χ4v) is 1.86. The molecule has 0 atom stereocenters. The average molecular weight is 323 g/mol. The standard InChI is InChI=1S/C16H25N3O4/c1-5-6-12-9-11(14(20)21)10-13(19-12)17-7-8-18-15(22)23-16(2,3)4/h9-10H,5-8H2,1-4H3,(H,17,19)(H,18,22)(H,20,21). The Morgan fingerprint density at radius 1 is 1.26 bits per heavy atom. The average Bonchev–Trinajstić information content (AvgIpc) is 2.42. The smallest absolute Gasteiger partial charge is 0.407 e. The molecule has 0 aliphatic heterocycles. The van der Waals surface area contributed by atoms with E-state index in [0.717, 1.165) is 12.1 Å². The highest BCUT2D eigenvalue weighted by molar-refractivity contribution is 5.88. The lowest BCUT2D eigenvalue weighted by Crippen LogP contribution is -2.35. The molecule has 1 amide bonds. The molecule has 0 bridgehead atoms. The monoisotopic (exact) mass is 323 g/mol. The first-order valence-corrected chi connectivity index (χ1v) is 7.66. The van der Waals surface area contributed by atoms with E-state index in [-0.39, 0.29) is 5.56 Å². The quantitative estimate of drug-likeness (QED) is 0.667. The predicted octanol–water partition coefficient (Wildman–Crippen LogP) is 2.67. The number of ether oxygens (including phenoxy) is 1. The number of anilines is 1. The fraction of sp³-hybridized carbons (Fsp3) is 0.562. The summed E-state index contributed by atoms with van der Waals surface area (Å²) in [5.74, 6) is -0.501. The summed E-state index contributed by atoms with van der Waals surface area (Å²) in [4.78, 5) is 27.0. The number of nitrogens with zero attached hydrogens (tertiary/aromatic N) is 1. The van der Waals surface area contributed by atoms with Gasteiger partial charge in [0.1, 0.15) is 11.4 Å². The molecular formula is C16H25N3O4. The van der Waals surface area contributed by atoms with E-state index < -0.39 is 17.7 Å². The van der Waals surface area contributed by atoms with E-state index in [1.807, 2.05) is 6.92 Å². The van der Waals surface area contributed by atoms with Crippen molar-refractivity contribution in [2.75, 3.05) is 18.4 Å². The lowest BCUT2D eigenvalue weighted by molar-refractivity contribution is 0.0529. The molecule has 0 fully saturated rings. The summed E-state index contributed by atoms with van der Waals surface area (Å²) in [6.45, 7) is 8.15. The summed E-state index contributed by atoms with van der Waals surface area (Å²) in [5, 5.41) is 14.8. The van der Waals surface area contributed by atoms with Crippen LogP contribution in [0.3, 0.4) is 0 Å². The Morgan fingerprint density at radius 2 is 1.96 bits per heavy atom. The Hall–Kier alpha value is -2.31. The minimum absolute atomic E-state index is 0.200. The number of aromatic nitrogens is 1. The molecule has 0 aliphatic carbocycles. The highest BCUT2D eigenvalue weighted by Gasteiger charge is 2.15. The Labute approximate surface area is 136 Å². The van der Waals surface area contributed by atoms with Gasteiger partial charge in [-0.25, -0.2) is 14.6 Å². The molecular weight excluding hydrogens is 298 g/mol. The Balaban J connectivity index is 2.54. The van der Waals surface area contributed by atoms with Crippen molar-refractivity contribution in [2.45, 2.75) is 46.1 Å². The van der Waals surface area contributed by atoms with Crippen LogP contribution in [0.25, 0.3) is 0 Å². The van der Waals surface area contributed by atoms with Crippen molar-refractivity contribution in [1.29, 1.82) is 0 Å². The van der Waals surface area contributed by atoms with Crippen LogP contribution in [0.2, 0.25) is 0 Å². The van der Waals surface area contributed by atoms with Crippen molar-refractivity contribution in [3.63, 3.8) is 0 Å². The fourth-order valence-electron chi connectivity index (χ4n) is 1.86. The molecule has 0 aliphatic rings. The van der Waals surface area contributed by atoms with E-state index in [0.29, 0.717) is 25.3 Å². The summed E-state index contributed by atoms with van der Waals surface area (Å²) < 4.78 is 5.12. The molecule has 1 rings (SSSR count). The number of carboxylic acid groups (broad SMARTS) is 1. The van der Waals surface area contributed by atoms with Crippen molar-refractivity contribution in [3.05, 3.63) is 23.4 Å². The SMILES string of the molecule is CCCc1cc(C(=O)O)cc(NCCNC(=O)OC(C)(C)C)n1. The zero-order valence-electron chi connectivity index (χ0n) is 14.1. The second kappa shape index (κ2) is 8.36. The number of aryl methyl sites for hydroxylation is 1. The molecule has 1 heterocycles. The number of alkyl carbamates (subject to hydrolysis) is 1. The van der Waals surface area contributed by atoms with E-state index in [1.165, 1.54) is 6.07 Å². The van der Waals surface area contributed by atoms with Crippen molar-refractivity contribution in [1.82, 2.24) is 10.3 Å². The van der Waals surface area contributed by atoms with E-state index in [9.17, 15) is 9.59 Å². The Kier molecular flexibility index (Phi) is 6.81. The van der Waals surface area contributed by atoms with Crippen LogP contribution in [0.1, 0.15) is 50.2 Å². The summed E-state index contributed by atoms with van der Waals surface area (Å²) in [7, 11) is 0. The normalized spacial score (nSPS) is 11.0. The first kappa shape index (κ1) is 18.7. The molecule has 3 N–H and O–H groups in total.